The summed E-state index contributed by atoms with van der Waals surface area (Å²) in [5, 5.41) is 76.6. The molecule has 1 saturated heterocycles. The van der Waals surface area contributed by atoms with Crippen LogP contribution in [0.2, 0.25) is 0 Å². The summed E-state index contributed by atoms with van der Waals surface area (Å²) in [6.07, 6.45) is 61.5. The second-order valence-electron chi connectivity index (χ2n) is 25.3. The molecule has 0 bridgehead atoms. The number of amides is 1. The molecule has 1 rings (SSSR count). The molecule has 9 atom stereocenters. The zero-order valence-corrected chi connectivity index (χ0v) is 53.3. The molecule has 1 aliphatic rings. The molecule has 0 aromatic heterocycles. The maximum absolute atomic E-state index is 13.3. The average molecular weight is 1150 g/mol. The number of rotatable bonds is 63. The molecule has 0 aromatic carbocycles. The van der Waals surface area contributed by atoms with Crippen molar-refractivity contribution in [1.29, 1.82) is 0 Å². The number of ether oxygens (including phenoxy) is 2. The molecule has 1 amide bonds. The zero-order valence-electron chi connectivity index (χ0n) is 53.3. The number of unbranched alkanes of at least 4 members (excludes halogenated alkanes) is 49. The normalized spacial score (nSPS) is 19.1. The van der Waals surface area contributed by atoms with Gasteiger partial charge >= 0.3 is 0 Å². The molecule has 0 saturated carbocycles. The minimum absolute atomic E-state index is 0.261. The van der Waals surface area contributed by atoms with E-state index in [0.29, 0.717) is 19.3 Å². The van der Waals surface area contributed by atoms with Crippen LogP contribution in [0.25, 0.3) is 0 Å². The van der Waals surface area contributed by atoms with Crippen molar-refractivity contribution in [3.05, 3.63) is 12.2 Å². The maximum Gasteiger partial charge on any atom is 0.249 e. The van der Waals surface area contributed by atoms with Gasteiger partial charge in [0.2, 0.25) is 5.91 Å². The molecule has 0 aromatic rings. The minimum Gasteiger partial charge on any atom is -0.394 e. The summed E-state index contributed by atoms with van der Waals surface area (Å²) in [5.41, 5.74) is 0. The Kier molecular flexibility index (Phi) is 56.9. The van der Waals surface area contributed by atoms with Crippen molar-refractivity contribution in [3.63, 3.8) is 0 Å². The predicted molar refractivity (Wildman–Crippen MR) is 339 cm³/mol. The van der Waals surface area contributed by atoms with Crippen LogP contribution in [0.4, 0.5) is 0 Å². The third-order valence-electron chi connectivity index (χ3n) is 17.6. The summed E-state index contributed by atoms with van der Waals surface area (Å²) in [5.74, 6) is -0.691. The molecule has 482 valence electrons. The Balaban J connectivity index is 2.19. The van der Waals surface area contributed by atoms with Gasteiger partial charge in [0.15, 0.2) is 6.29 Å². The number of allylic oxidation sites excluding steroid dienone is 2. The van der Waals surface area contributed by atoms with E-state index in [9.17, 15) is 40.5 Å². The van der Waals surface area contributed by atoms with Crippen LogP contribution >= 0.6 is 0 Å². The molecule has 8 N–H and O–H groups in total. The van der Waals surface area contributed by atoms with Crippen LogP contribution in [0.1, 0.15) is 361 Å². The molecule has 1 aliphatic heterocycles. The van der Waals surface area contributed by atoms with Crippen LogP contribution in [-0.2, 0) is 14.3 Å². The van der Waals surface area contributed by atoms with E-state index in [4.69, 9.17) is 9.47 Å². The van der Waals surface area contributed by atoms with Gasteiger partial charge in [0.1, 0.15) is 36.6 Å². The Morgan fingerprint density at radius 1 is 0.420 bits per heavy atom. The van der Waals surface area contributed by atoms with Gasteiger partial charge in [-0.2, -0.15) is 0 Å². The lowest BCUT2D eigenvalue weighted by Crippen LogP contribution is -2.60. The number of hydrogen-bond donors (Lipinski definition) is 8. The maximum atomic E-state index is 13.3. The number of carbonyl (C=O) groups is 1. The minimum atomic E-state index is -1.66. The number of nitrogens with one attached hydrogen (secondary N) is 1. The average Bonchev–Trinajstić information content (AvgIpc) is 3.49. The van der Waals surface area contributed by atoms with Gasteiger partial charge in [0, 0.05) is 0 Å². The third kappa shape index (κ3) is 46.7. The monoisotopic (exact) mass is 1150 g/mol. The fourth-order valence-electron chi connectivity index (χ4n) is 11.9. The molecule has 9 unspecified atom stereocenters. The number of aliphatic hydroxyl groups excluding tert-OH is 7. The predicted octanol–water partition coefficient (Wildman–Crippen LogP) is 17.0. The molecule has 1 fully saturated rings. The molecular weight excluding hydrogens is 1010 g/mol. The fourth-order valence-corrected chi connectivity index (χ4v) is 11.9. The van der Waals surface area contributed by atoms with Crippen molar-refractivity contribution in [2.45, 2.75) is 416 Å². The second-order valence-corrected chi connectivity index (χ2v) is 25.3. The number of carbonyl (C=O) groups excluding carboxylic acids is 1. The Morgan fingerprint density at radius 2 is 0.716 bits per heavy atom. The highest BCUT2D eigenvalue weighted by Gasteiger charge is 2.44. The van der Waals surface area contributed by atoms with E-state index in [1.807, 2.05) is 0 Å². The number of aliphatic hydroxyl groups is 7. The molecule has 0 radical (unpaired) electrons. The van der Waals surface area contributed by atoms with Gasteiger partial charge < -0.3 is 50.5 Å². The van der Waals surface area contributed by atoms with Crippen molar-refractivity contribution < 1.29 is 50.0 Å². The van der Waals surface area contributed by atoms with Crippen LogP contribution in [0, 0.1) is 0 Å². The highest BCUT2D eigenvalue weighted by atomic mass is 16.7. The summed E-state index contributed by atoms with van der Waals surface area (Å²) in [7, 11) is 0. The Hall–Kier alpha value is -1.15. The van der Waals surface area contributed by atoms with Gasteiger partial charge in [-0.15, -0.1) is 0 Å². The molecule has 0 aliphatic carbocycles. The van der Waals surface area contributed by atoms with Gasteiger partial charge in [-0.05, 0) is 38.5 Å². The Labute approximate surface area is 500 Å². The van der Waals surface area contributed by atoms with Crippen molar-refractivity contribution in [1.82, 2.24) is 5.32 Å². The lowest BCUT2D eigenvalue weighted by Gasteiger charge is -2.40. The first kappa shape index (κ1) is 77.9. The van der Waals surface area contributed by atoms with Crippen molar-refractivity contribution in [2.75, 3.05) is 13.2 Å². The number of hydrogen-bond acceptors (Lipinski definition) is 10. The summed E-state index contributed by atoms with van der Waals surface area (Å²) >= 11 is 0. The molecule has 81 heavy (non-hydrogen) atoms. The van der Waals surface area contributed by atoms with E-state index < -0.39 is 74.2 Å². The van der Waals surface area contributed by atoms with Crippen LogP contribution in [0.15, 0.2) is 12.2 Å². The first-order chi connectivity index (χ1) is 39.7. The molecule has 1 heterocycles. The van der Waals surface area contributed by atoms with Gasteiger partial charge in [0.25, 0.3) is 0 Å². The molecule has 0 spiro atoms. The van der Waals surface area contributed by atoms with E-state index in [0.717, 1.165) is 38.5 Å². The van der Waals surface area contributed by atoms with Crippen LogP contribution < -0.4 is 5.32 Å². The highest BCUT2D eigenvalue weighted by molar-refractivity contribution is 5.80. The fraction of sp³-hybridized carbons (Fsp3) is 0.957. The smallest absolute Gasteiger partial charge is 0.249 e. The summed E-state index contributed by atoms with van der Waals surface area (Å²) < 4.78 is 11.2. The zero-order chi connectivity index (χ0) is 58.9. The van der Waals surface area contributed by atoms with Crippen molar-refractivity contribution >= 4 is 5.91 Å². The Bertz CT molecular complexity index is 1320. The van der Waals surface area contributed by atoms with E-state index in [-0.39, 0.29) is 6.42 Å². The molecular formula is C70H137NO10. The van der Waals surface area contributed by atoms with Gasteiger partial charge in [-0.1, -0.05) is 334 Å². The van der Waals surface area contributed by atoms with Gasteiger partial charge in [-0.3, -0.25) is 4.79 Å². The van der Waals surface area contributed by atoms with Crippen LogP contribution in [0.5, 0.6) is 0 Å². The Morgan fingerprint density at radius 3 is 1.04 bits per heavy atom. The summed E-state index contributed by atoms with van der Waals surface area (Å²) in [6, 6.07) is -1.17. The van der Waals surface area contributed by atoms with Crippen molar-refractivity contribution in [2.24, 2.45) is 0 Å². The van der Waals surface area contributed by atoms with E-state index in [1.54, 1.807) is 0 Å². The van der Waals surface area contributed by atoms with Gasteiger partial charge in [0.05, 0.1) is 25.4 Å². The van der Waals surface area contributed by atoms with Crippen molar-refractivity contribution in [3.8, 4) is 0 Å². The topological polar surface area (TPSA) is 189 Å². The van der Waals surface area contributed by atoms with E-state index >= 15 is 0 Å². The SMILES string of the molecule is CCCCCCCCCCCCCC/C=C\CCCCCCCCCCCC(O)C(=O)NC(COC1OC(CO)C(O)C(O)C1O)C(O)C(O)CCCCCCCCCCCCCCCCCCCCCCCCCCCCCCC. The highest BCUT2D eigenvalue weighted by Crippen LogP contribution is 2.24. The standard InChI is InChI=1S/C70H137NO10/c1-3-5-7-9-11-13-15-17-19-21-23-25-27-29-30-31-32-34-35-37-39-41-43-45-47-49-51-53-55-57-62(73)65(75)61(60-80-70-68(78)67(77)66(76)64(59-72)81-70)71-69(79)63(74)58-56-54-52-50-48-46-44-42-40-38-36-33-28-26-24-22-20-18-16-14-12-10-8-6-4-2/h33,36,61-68,70,72-78H,3-32,34-35,37-60H2,1-2H3,(H,71,79)/b36-33-. The molecule has 11 heteroatoms. The van der Waals surface area contributed by atoms with Crippen LogP contribution in [-0.4, -0.2) is 110 Å². The summed E-state index contributed by atoms with van der Waals surface area (Å²) in [4.78, 5) is 13.3. The largest absolute Gasteiger partial charge is 0.394 e. The third-order valence-corrected chi connectivity index (χ3v) is 17.6. The van der Waals surface area contributed by atoms with Crippen LogP contribution in [0.3, 0.4) is 0 Å². The van der Waals surface area contributed by atoms with E-state index in [2.05, 4.69) is 31.3 Å². The summed E-state index contributed by atoms with van der Waals surface area (Å²) in [6.45, 7) is 3.52. The second kappa shape index (κ2) is 59.2. The first-order valence-electron chi connectivity index (χ1n) is 35.6. The molecule has 11 nitrogen and oxygen atoms in total. The lowest BCUT2D eigenvalue weighted by molar-refractivity contribution is -0.303. The lowest BCUT2D eigenvalue weighted by atomic mass is 9.98. The van der Waals surface area contributed by atoms with Gasteiger partial charge in [-0.25, -0.2) is 0 Å². The quantitative estimate of drug-likeness (QED) is 0.0215. The van der Waals surface area contributed by atoms with E-state index in [1.165, 1.54) is 283 Å². The first-order valence-corrected chi connectivity index (χ1v) is 35.6.